The Morgan fingerprint density at radius 1 is 0.956 bits per heavy atom. The number of amides is 2. The van der Waals surface area contributed by atoms with Gasteiger partial charge in [0.25, 0.3) is 11.5 Å². The summed E-state index contributed by atoms with van der Waals surface area (Å²) in [4.78, 5) is 103. The summed E-state index contributed by atoms with van der Waals surface area (Å²) in [7, 11) is -1.18. The number of carbonyl (C=O) groups excluding carboxylic acids is 3. The summed E-state index contributed by atoms with van der Waals surface area (Å²) in [6, 6.07) is 17.2. The molecule has 1 aliphatic heterocycles. The van der Waals surface area contributed by atoms with Gasteiger partial charge in [0.05, 0.1) is 84.0 Å². The molecule has 3 aromatic carbocycles. The van der Waals surface area contributed by atoms with Crippen molar-refractivity contribution in [3.8, 4) is 11.4 Å². The van der Waals surface area contributed by atoms with Crippen molar-refractivity contribution < 1.29 is 66.0 Å². The van der Waals surface area contributed by atoms with Crippen molar-refractivity contribution in [1.82, 2.24) is 29.4 Å². The van der Waals surface area contributed by atoms with Crippen LogP contribution in [0.3, 0.4) is 0 Å². The fraction of sp³-hybridized carbons (Fsp3) is 0.491. The van der Waals surface area contributed by atoms with Gasteiger partial charge in [0.1, 0.15) is 31.5 Å². The van der Waals surface area contributed by atoms with Crippen LogP contribution in [-0.4, -0.2) is 151 Å². The lowest BCUT2D eigenvalue weighted by Gasteiger charge is -2.35. The van der Waals surface area contributed by atoms with Gasteiger partial charge in [0.2, 0.25) is 23.1 Å². The van der Waals surface area contributed by atoms with Crippen LogP contribution in [0.15, 0.2) is 76.3 Å². The molecule has 33 heteroatoms. The first-order chi connectivity index (χ1) is 41.7. The van der Waals surface area contributed by atoms with Crippen LogP contribution in [0.5, 0.6) is 5.75 Å². The minimum Gasteiger partial charge on any atom is -0.778 e. The number of methoxy groups -OCH3 is 1. The number of anilines is 4. The largest absolute Gasteiger partial charge is 0.778 e. The Bertz CT molecular complexity index is 3320. The number of nitrogens with zero attached hydrogens (tertiary/aromatic N) is 7. The van der Waals surface area contributed by atoms with Crippen molar-refractivity contribution in [2.75, 3.05) is 84.8 Å². The number of aliphatic carboxylic acids is 1. The molecule has 3 unspecified atom stereocenters. The van der Waals surface area contributed by atoms with Gasteiger partial charge in [-0.15, -0.1) is 11.6 Å². The molecule has 23 nitrogen and oxygen atoms in total. The van der Waals surface area contributed by atoms with Crippen molar-refractivity contribution >= 4 is 124 Å². The molecule has 0 saturated heterocycles. The fourth-order valence-corrected chi connectivity index (χ4v) is 8.65. The number of rotatable bonds is 17. The predicted molar refractivity (Wildman–Crippen MR) is 350 cm³/mol. The Labute approximate surface area is 549 Å². The molecule has 3 atom stereocenters. The normalized spacial score (nSPS) is 13.5. The number of nitrogens with one attached hydrogen (secondary N) is 3. The molecule has 502 valence electrons. The molecule has 90 heavy (non-hydrogen) atoms. The van der Waals surface area contributed by atoms with Crippen LogP contribution in [0.1, 0.15) is 89.5 Å². The van der Waals surface area contributed by atoms with Crippen LogP contribution in [0.2, 0.25) is 10.3 Å². The lowest BCUT2D eigenvalue weighted by atomic mass is 10.0. The van der Waals surface area contributed by atoms with E-state index in [1.165, 1.54) is 12.1 Å². The second-order valence-corrected chi connectivity index (χ2v) is 27.1. The maximum absolute atomic E-state index is 12.9. The minimum atomic E-state index is -4.86. The van der Waals surface area contributed by atoms with Crippen molar-refractivity contribution in [2.24, 2.45) is 7.05 Å². The van der Waals surface area contributed by atoms with Gasteiger partial charge >= 0.3 is 23.8 Å². The topological polar surface area (TPSA) is 302 Å². The van der Waals surface area contributed by atoms with Gasteiger partial charge in [0, 0.05) is 32.3 Å². The lowest BCUT2D eigenvalue weighted by Crippen LogP contribution is -2.47. The number of carboxylic acids is 1. The highest BCUT2D eigenvalue weighted by atomic mass is 35.5. The zero-order chi connectivity index (χ0) is 69.2. The lowest BCUT2D eigenvalue weighted by molar-refractivity contribution is -0.193. The Morgan fingerprint density at radius 3 is 2.07 bits per heavy atom. The summed E-state index contributed by atoms with van der Waals surface area (Å²) in [6.07, 6.45) is 1.45. The van der Waals surface area contributed by atoms with E-state index in [2.05, 4.69) is 57.3 Å². The van der Waals surface area contributed by atoms with Crippen molar-refractivity contribution in [3.05, 3.63) is 120 Å². The highest BCUT2D eigenvalue weighted by molar-refractivity contribution is 7.94. The van der Waals surface area contributed by atoms with Gasteiger partial charge in [-0.2, -0.15) is 28.1 Å². The van der Waals surface area contributed by atoms with Gasteiger partial charge in [-0.25, -0.2) is 14.2 Å². The molecule has 0 spiro atoms. The Hall–Kier alpha value is -5.71. The summed E-state index contributed by atoms with van der Waals surface area (Å²) >= 11 is 28.7. The second kappa shape index (κ2) is 39.0. The third-order valence-electron chi connectivity index (χ3n) is 11.0. The van der Waals surface area contributed by atoms with Gasteiger partial charge in [-0.05, 0) is 133 Å². The number of aromatic nitrogens is 5. The average molecular weight is 1410 g/mol. The summed E-state index contributed by atoms with van der Waals surface area (Å²) in [5.74, 6) is -0.726. The number of para-hydroxylation sites is 3. The van der Waals surface area contributed by atoms with E-state index in [1.807, 2.05) is 90.2 Å². The molecule has 3 heterocycles. The number of benzene rings is 3. The quantitative estimate of drug-likeness (QED) is 0.0250. The number of carbonyl (C=O) groups is 4. The third-order valence-corrected chi connectivity index (χ3v) is 12.8. The van der Waals surface area contributed by atoms with Crippen molar-refractivity contribution in [1.29, 1.82) is 0 Å². The summed E-state index contributed by atoms with van der Waals surface area (Å²) in [6.45, 7) is 20.4. The zero-order valence-electron chi connectivity index (χ0n) is 52.5. The zero-order valence-corrected chi connectivity index (χ0v) is 58.0. The molecule has 5 aromatic rings. The van der Waals surface area contributed by atoms with Crippen LogP contribution in [0.4, 0.5) is 36.4 Å². The molecule has 0 bridgehead atoms. The van der Waals surface area contributed by atoms with E-state index in [4.69, 9.17) is 82.2 Å². The molecule has 0 aliphatic carbocycles. The number of aryl methyl sites for hydroxylation is 2. The molecule has 0 saturated carbocycles. The Morgan fingerprint density at radius 2 is 1.56 bits per heavy atom. The predicted octanol–water partition coefficient (Wildman–Crippen LogP) is 9.37. The third kappa shape index (κ3) is 28.8. The number of fused-ring (bicyclic) bond motifs is 1. The van der Waals surface area contributed by atoms with Gasteiger partial charge in [0.15, 0.2) is 4.84 Å². The molecule has 0 radical (unpaired) electrons. The Kier molecular flexibility index (Phi) is 35.6. The summed E-state index contributed by atoms with van der Waals surface area (Å²) in [5.41, 5.74) is -0.178. The highest BCUT2D eigenvalue weighted by Crippen LogP contribution is 2.35. The number of esters is 1. The van der Waals surface area contributed by atoms with Crippen molar-refractivity contribution in [3.63, 3.8) is 0 Å². The smallest absolute Gasteiger partial charge is 0.431 e. The molecular formula is C57H79Cl5F3N10O13PS. The maximum atomic E-state index is 12.9. The fourth-order valence-electron chi connectivity index (χ4n) is 7.57. The molecular weight excluding hydrogens is 1330 g/mol. The van der Waals surface area contributed by atoms with E-state index in [9.17, 15) is 51.4 Å². The van der Waals surface area contributed by atoms with Gasteiger partial charge < -0.3 is 54.1 Å². The first-order valence-electron chi connectivity index (χ1n) is 27.2. The van der Waals surface area contributed by atoms with E-state index in [-0.39, 0.29) is 56.9 Å². The summed E-state index contributed by atoms with van der Waals surface area (Å²) < 4.78 is 65.2. The molecule has 6 rings (SSSR count). The second-order valence-electron chi connectivity index (χ2n) is 20.9. The minimum absolute atomic E-state index is 0.0104. The van der Waals surface area contributed by atoms with Crippen LogP contribution in [0.25, 0.3) is 5.69 Å². The van der Waals surface area contributed by atoms with Crippen LogP contribution < -0.4 is 46.6 Å². The first kappa shape index (κ1) is 82.3. The van der Waals surface area contributed by atoms with Crippen LogP contribution in [0, 0.1) is 6.92 Å². The SMILES string of the molecule is CC(C)OC(=O)c1cc(-n2c(=O)cc(C(F)(F)F)n(C)c2=O)ccc1Cl.CC1COc2ccccc2N1C(=O)C(Cl)Cl.CCNc1nc(Cl)nc(NC(C)(C)C)n1.CCc1cccc(C)c1N(C(=O)CCl)C(C)COC.C[S+](C)C.O=C(O)CNCP(=O)([O-])O. The van der Waals surface area contributed by atoms with E-state index in [0.29, 0.717) is 57.0 Å². The standard InChI is InChI=1S/C16H14ClF3N2O4.C15H22ClNO2.C11H11Cl2NO2.C9H16ClN5.C3H8NO5P.C3H9S/c1-8(2)26-14(24)10-6-9(4-5-11(10)17)22-13(23)7-12(16(18,19)20)21(3)15(22)25;1-5-13-8-6-7-11(2)15(13)17(14(18)9-16)12(3)10-19-4;1-7-6-16-9-5-3-2-4-8(9)14(7)11(15)10(12)13;1-5-11-7-12-6(10)13-8(14-7)15-9(2,3)4;5-3(6)1-4-2-10(7,8)9;1-4(2)3/h4-8H,1-3H3;6-8,12H,5,9-10H2,1-4H3;2-5,7,10H,6H2,1H3;5H2,1-4H3,(H2,11,12,13,14,15);4H,1-2H2,(H,5,6)(H2,7,8,9);1-3H3/q;;;;;+1/p-1. The number of halogens is 8. The maximum Gasteiger partial charge on any atom is 0.431 e. The number of alkyl halides is 6. The summed E-state index contributed by atoms with van der Waals surface area (Å²) in [5, 5.41) is 16.3. The Balaban J connectivity index is 0.000000570. The molecule has 0 fully saturated rings. The van der Waals surface area contributed by atoms with E-state index in [1.54, 1.807) is 30.8 Å². The number of carboxylic acid groups (broad SMARTS) is 1. The number of hydrogen-bond donors (Lipinski definition) is 5. The average Bonchev–Trinajstić information content (AvgIpc) is 0.804. The monoisotopic (exact) mass is 1410 g/mol. The number of hydrogen-bond acceptors (Lipinski definition) is 17. The first-order valence-corrected chi connectivity index (χ1v) is 33.6. The molecule has 1 aliphatic rings. The van der Waals surface area contributed by atoms with Gasteiger partial charge in [-0.3, -0.25) is 29.1 Å². The molecule has 2 aromatic heterocycles. The molecule has 5 N–H and O–H groups in total. The van der Waals surface area contributed by atoms with Gasteiger partial charge in [-0.1, -0.05) is 72.1 Å². The highest BCUT2D eigenvalue weighted by Gasteiger charge is 2.36. The van der Waals surface area contributed by atoms with Crippen LogP contribution in [-0.2, 0) is 59.0 Å². The van der Waals surface area contributed by atoms with E-state index < -0.39 is 66.4 Å². The van der Waals surface area contributed by atoms with Crippen LogP contribution >= 0.6 is 65.6 Å². The number of ether oxygens (including phenoxy) is 3. The van der Waals surface area contributed by atoms with Crippen molar-refractivity contribution in [2.45, 2.75) is 110 Å². The molecule has 2 amide bonds. The van der Waals surface area contributed by atoms with E-state index in [0.717, 1.165) is 48.6 Å². The van der Waals surface area contributed by atoms with E-state index >= 15 is 0 Å².